The number of carbonyl (C=O) groups excluding carboxylic acids is 1. The van der Waals surface area contributed by atoms with Crippen molar-refractivity contribution < 1.29 is 9.53 Å². The molecule has 0 atom stereocenters. The normalized spacial score (nSPS) is 10.7. The minimum atomic E-state index is -0.307. The Bertz CT molecular complexity index is 628. The van der Waals surface area contributed by atoms with Crippen LogP contribution in [0.1, 0.15) is 20.8 Å². The summed E-state index contributed by atoms with van der Waals surface area (Å²) < 4.78 is 4.91. The smallest absolute Gasteiger partial charge is 0.325 e. The lowest BCUT2D eigenvalue weighted by atomic mass is 10.2. The second-order valence-electron chi connectivity index (χ2n) is 4.87. The van der Waals surface area contributed by atoms with Crippen LogP contribution >= 0.6 is 0 Å². The maximum Gasteiger partial charge on any atom is 0.325 e. The van der Waals surface area contributed by atoms with E-state index in [9.17, 15) is 4.79 Å². The number of esters is 1. The van der Waals surface area contributed by atoms with Gasteiger partial charge < -0.3 is 15.4 Å². The first-order valence-corrected chi connectivity index (χ1v) is 7.03. The number of aromatic nitrogens is 2. The van der Waals surface area contributed by atoms with Crippen LogP contribution in [0.15, 0.2) is 24.3 Å². The predicted molar refractivity (Wildman–Crippen MR) is 83.4 cm³/mol. The number of para-hydroxylation sites is 1. The van der Waals surface area contributed by atoms with E-state index in [1.54, 1.807) is 6.92 Å². The standard InChI is InChI=1S/C15H20N4O2/c1-4-21-13(20)9-16-14-11-7-5-6-8-12(11)18-15(19-14)17-10(2)3/h5-8,10H,4,9H2,1-3H3,(H2,16,17,18,19). The van der Waals surface area contributed by atoms with Crippen molar-refractivity contribution in [1.29, 1.82) is 0 Å². The van der Waals surface area contributed by atoms with Crippen LogP contribution in [-0.2, 0) is 9.53 Å². The van der Waals surface area contributed by atoms with E-state index >= 15 is 0 Å². The Morgan fingerprint density at radius 1 is 1.29 bits per heavy atom. The van der Waals surface area contributed by atoms with Crippen molar-refractivity contribution in [1.82, 2.24) is 9.97 Å². The average molecular weight is 288 g/mol. The third kappa shape index (κ3) is 4.05. The van der Waals surface area contributed by atoms with Gasteiger partial charge in [0.15, 0.2) is 0 Å². The molecule has 0 fully saturated rings. The molecule has 6 heteroatoms. The lowest BCUT2D eigenvalue weighted by Crippen LogP contribution is -2.19. The molecule has 112 valence electrons. The van der Waals surface area contributed by atoms with Gasteiger partial charge in [0.25, 0.3) is 0 Å². The Hall–Kier alpha value is -2.37. The van der Waals surface area contributed by atoms with Gasteiger partial charge in [-0.15, -0.1) is 0 Å². The van der Waals surface area contributed by atoms with Gasteiger partial charge in [0.2, 0.25) is 5.95 Å². The summed E-state index contributed by atoms with van der Waals surface area (Å²) in [5.74, 6) is 0.852. The van der Waals surface area contributed by atoms with Crippen molar-refractivity contribution in [2.45, 2.75) is 26.8 Å². The zero-order chi connectivity index (χ0) is 15.2. The second-order valence-corrected chi connectivity index (χ2v) is 4.87. The topological polar surface area (TPSA) is 76.1 Å². The lowest BCUT2D eigenvalue weighted by molar-refractivity contribution is -0.140. The number of nitrogens with zero attached hydrogens (tertiary/aromatic N) is 2. The van der Waals surface area contributed by atoms with Gasteiger partial charge in [0, 0.05) is 11.4 Å². The van der Waals surface area contributed by atoms with Crippen LogP contribution < -0.4 is 10.6 Å². The molecule has 1 heterocycles. The highest BCUT2D eigenvalue weighted by molar-refractivity contribution is 5.91. The first kappa shape index (κ1) is 15.0. The van der Waals surface area contributed by atoms with Crippen LogP contribution in [0.4, 0.5) is 11.8 Å². The Morgan fingerprint density at radius 2 is 2.05 bits per heavy atom. The van der Waals surface area contributed by atoms with Crippen LogP contribution in [-0.4, -0.2) is 35.1 Å². The minimum absolute atomic E-state index is 0.0793. The van der Waals surface area contributed by atoms with E-state index < -0.39 is 0 Å². The number of nitrogens with one attached hydrogen (secondary N) is 2. The molecule has 0 saturated carbocycles. The van der Waals surface area contributed by atoms with E-state index in [1.165, 1.54) is 0 Å². The largest absolute Gasteiger partial charge is 0.465 e. The van der Waals surface area contributed by atoms with E-state index in [2.05, 4.69) is 20.6 Å². The highest BCUT2D eigenvalue weighted by Crippen LogP contribution is 2.21. The molecule has 0 saturated heterocycles. The number of fused-ring (bicyclic) bond motifs is 1. The third-order valence-electron chi connectivity index (χ3n) is 2.73. The molecule has 1 aromatic carbocycles. The van der Waals surface area contributed by atoms with E-state index in [1.807, 2.05) is 38.1 Å². The summed E-state index contributed by atoms with van der Waals surface area (Å²) >= 11 is 0. The van der Waals surface area contributed by atoms with E-state index in [0.717, 1.165) is 10.9 Å². The molecular weight excluding hydrogens is 268 g/mol. The zero-order valence-corrected chi connectivity index (χ0v) is 12.5. The fourth-order valence-electron chi connectivity index (χ4n) is 1.90. The Labute approximate surface area is 123 Å². The highest BCUT2D eigenvalue weighted by Gasteiger charge is 2.09. The summed E-state index contributed by atoms with van der Waals surface area (Å²) in [7, 11) is 0. The Balaban J connectivity index is 2.28. The quantitative estimate of drug-likeness (QED) is 0.795. The summed E-state index contributed by atoms with van der Waals surface area (Å²) in [6, 6.07) is 7.89. The molecule has 21 heavy (non-hydrogen) atoms. The Kier molecular flexibility index (Phi) is 4.92. The van der Waals surface area contributed by atoms with Crippen molar-refractivity contribution >= 4 is 28.6 Å². The van der Waals surface area contributed by atoms with Crippen molar-refractivity contribution in [3.8, 4) is 0 Å². The summed E-state index contributed by atoms with van der Waals surface area (Å²) in [5, 5.41) is 7.06. The molecule has 0 aliphatic heterocycles. The van der Waals surface area contributed by atoms with Crippen LogP contribution in [0, 0.1) is 0 Å². The van der Waals surface area contributed by atoms with Crippen LogP contribution in [0.25, 0.3) is 10.9 Å². The summed E-state index contributed by atoms with van der Waals surface area (Å²) in [6.45, 7) is 6.26. The molecule has 0 unspecified atom stereocenters. The monoisotopic (exact) mass is 288 g/mol. The van der Waals surface area contributed by atoms with Crippen LogP contribution in [0.5, 0.6) is 0 Å². The maximum atomic E-state index is 11.5. The fourth-order valence-corrected chi connectivity index (χ4v) is 1.90. The summed E-state index contributed by atoms with van der Waals surface area (Å²) in [5.41, 5.74) is 0.821. The number of carbonyl (C=O) groups is 1. The molecule has 1 aromatic heterocycles. The molecule has 6 nitrogen and oxygen atoms in total. The van der Waals surface area contributed by atoms with Crippen molar-refractivity contribution in [2.24, 2.45) is 0 Å². The lowest BCUT2D eigenvalue weighted by Gasteiger charge is -2.13. The number of hydrogen-bond donors (Lipinski definition) is 2. The molecule has 0 bridgehead atoms. The van der Waals surface area contributed by atoms with Gasteiger partial charge in [-0.1, -0.05) is 12.1 Å². The molecule has 0 spiro atoms. The van der Waals surface area contributed by atoms with Gasteiger partial charge >= 0.3 is 5.97 Å². The highest BCUT2D eigenvalue weighted by atomic mass is 16.5. The van der Waals surface area contributed by atoms with Crippen molar-refractivity contribution in [3.63, 3.8) is 0 Å². The number of benzene rings is 1. The molecule has 2 rings (SSSR count). The molecule has 0 radical (unpaired) electrons. The van der Waals surface area contributed by atoms with Gasteiger partial charge in [-0.25, -0.2) is 4.98 Å². The zero-order valence-electron chi connectivity index (χ0n) is 12.5. The van der Waals surface area contributed by atoms with Gasteiger partial charge in [0.05, 0.1) is 12.1 Å². The first-order chi connectivity index (χ1) is 10.1. The molecule has 0 aliphatic carbocycles. The van der Waals surface area contributed by atoms with E-state index in [4.69, 9.17) is 4.74 Å². The third-order valence-corrected chi connectivity index (χ3v) is 2.73. The molecule has 2 aromatic rings. The number of anilines is 2. The second kappa shape index (κ2) is 6.88. The van der Waals surface area contributed by atoms with E-state index in [-0.39, 0.29) is 18.6 Å². The number of ether oxygens (including phenoxy) is 1. The minimum Gasteiger partial charge on any atom is -0.465 e. The van der Waals surface area contributed by atoms with Gasteiger partial charge in [0.1, 0.15) is 12.4 Å². The van der Waals surface area contributed by atoms with Gasteiger partial charge in [-0.2, -0.15) is 4.98 Å². The van der Waals surface area contributed by atoms with Gasteiger partial charge in [-0.05, 0) is 32.9 Å². The van der Waals surface area contributed by atoms with Crippen molar-refractivity contribution in [3.05, 3.63) is 24.3 Å². The summed E-state index contributed by atoms with van der Waals surface area (Å²) in [4.78, 5) is 20.4. The van der Waals surface area contributed by atoms with E-state index in [0.29, 0.717) is 18.4 Å². The molecular formula is C15H20N4O2. The van der Waals surface area contributed by atoms with Crippen LogP contribution in [0.2, 0.25) is 0 Å². The predicted octanol–water partition coefficient (Wildman–Crippen LogP) is 2.43. The molecule has 0 aliphatic rings. The number of rotatable bonds is 6. The number of hydrogen-bond acceptors (Lipinski definition) is 6. The van der Waals surface area contributed by atoms with Gasteiger partial charge in [-0.3, -0.25) is 4.79 Å². The van der Waals surface area contributed by atoms with Crippen molar-refractivity contribution in [2.75, 3.05) is 23.8 Å². The summed E-state index contributed by atoms with van der Waals surface area (Å²) in [6.07, 6.45) is 0. The first-order valence-electron chi connectivity index (χ1n) is 7.03. The Morgan fingerprint density at radius 3 is 2.76 bits per heavy atom. The SMILES string of the molecule is CCOC(=O)CNc1nc(NC(C)C)nc2ccccc12. The molecule has 0 amide bonds. The molecule has 2 N–H and O–H groups in total. The maximum absolute atomic E-state index is 11.5. The van der Waals surface area contributed by atoms with Crippen LogP contribution in [0.3, 0.4) is 0 Å². The fraction of sp³-hybridized carbons (Fsp3) is 0.400. The average Bonchev–Trinajstić information content (AvgIpc) is 2.44.